The number of aryl methyl sites for hydroxylation is 1. The first-order chi connectivity index (χ1) is 10.1. The van der Waals surface area contributed by atoms with Crippen molar-refractivity contribution in [3.05, 3.63) is 53.3 Å². The largest absolute Gasteiger partial charge is 0.478 e. The summed E-state index contributed by atoms with van der Waals surface area (Å²) >= 11 is 0. The van der Waals surface area contributed by atoms with E-state index in [-0.39, 0.29) is 11.6 Å². The van der Waals surface area contributed by atoms with Crippen LogP contribution in [0, 0.1) is 0 Å². The van der Waals surface area contributed by atoms with Crippen molar-refractivity contribution in [2.75, 3.05) is 0 Å². The molecule has 110 valence electrons. The molecule has 1 heterocycles. The number of rotatable bonds is 5. The maximum absolute atomic E-state index is 11.7. The molecular formula is C14H16N4O3. The Balaban J connectivity index is 1.78. The minimum atomic E-state index is -0.969. The average molecular weight is 288 g/mol. The van der Waals surface area contributed by atoms with Crippen LogP contribution in [-0.2, 0) is 20.1 Å². The van der Waals surface area contributed by atoms with E-state index in [0.29, 0.717) is 13.1 Å². The molecule has 0 aliphatic heterocycles. The molecule has 2 aromatic rings. The van der Waals surface area contributed by atoms with E-state index in [2.05, 4.69) is 15.7 Å². The van der Waals surface area contributed by atoms with E-state index in [1.54, 1.807) is 30.1 Å². The van der Waals surface area contributed by atoms with Gasteiger partial charge in [0.05, 0.1) is 17.8 Å². The summed E-state index contributed by atoms with van der Waals surface area (Å²) < 4.78 is 1.69. The second kappa shape index (κ2) is 6.56. The number of aromatic carboxylic acids is 1. The van der Waals surface area contributed by atoms with Crippen molar-refractivity contribution >= 4 is 12.0 Å². The minimum Gasteiger partial charge on any atom is -0.478 e. The molecule has 0 fully saturated rings. The van der Waals surface area contributed by atoms with Crippen LogP contribution in [0.2, 0.25) is 0 Å². The highest BCUT2D eigenvalue weighted by Crippen LogP contribution is 2.04. The van der Waals surface area contributed by atoms with Crippen molar-refractivity contribution in [1.29, 1.82) is 0 Å². The summed E-state index contributed by atoms with van der Waals surface area (Å²) in [6, 6.07) is 7.89. The van der Waals surface area contributed by atoms with Crippen LogP contribution in [-0.4, -0.2) is 26.9 Å². The summed E-state index contributed by atoms with van der Waals surface area (Å²) in [7, 11) is 1.80. The van der Waals surface area contributed by atoms with Crippen LogP contribution in [0.5, 0.6) is 0 Å². The Morgan fingerprint density at radius 2 is 1.81 bits per heavy atom. The number of benzene rings is 1. The quantitative estimate of drug-likeness (QED) is 0.768. The highest BCUT2D eigenvalue weighted by Gasteiger charge is 2.04. The van der Waals surface area contributed by atoms with Gasteiger partial charge in [-0.1, -0.05) is 12.1 Å². The molecule has 0 aliphatic rings. The number of carboxylic acids is 1. The summed E-state index contributed by atoms with van der Waals surface area (Å²) in [5.41, 5.74) is 1.95. The van der Waals surface area contributed by atoms with E-state index in [9.17, 15) is 9.59 Å². The van der Waals surface area contributed by atoms with Gasteiger partial charge in [0.15, 0.2) is 0 Å². The molecule has 7 heteroatoms. The fraction of sp³-hybridized carbons (Fsp3) is 0.214. The number of carbonyl (C=O) groups excluding carboxylic acids is 1. The second-order valence-corrected chi connectivity index (χ2v) is 4.48. The Kier molecular flexibility index (Phi) is 4.55. The predicted molar refractivity (Wildman–Crippen MR) is 75.7 cm³/mol. The van der Waals surface area contributed by atoms with Gasteiger partial charge in [-0.15, -0.1) is 0 Å². The molecule has 21 heavy (non-hydrogen) atoms. The molecule has 0 bridgehead atoms. The molecule has 2 rings (SSSR count). The second-order valence-electron chi connectivity index (χ2n) is 4.48. The first kappa shape index (κ1) is 14.6. The summed E-state index contributed by atoms with van der Waals surface area (Å²) in [5.74, 6) is -0.969. The highest BCUT2D eigenvalue weighted by molar-refractivity contribution is 5.87. The number of amides is 2. The normalized spacial score (nSPS) is 10.1. The van der Waals surface area contributed by atoms with Crippen molar-refractivity contribution in [3.8, 4) is 0 Å². The first-order valence-corrected chi connectivity index (χ1v) is 6.37. The predicted octanol–water partition coefficient (Wildman–Crippen LogP) is 1.12. The lowest BCUT2D eigenvalue weighted by Crippen LogP contribution is -2.35. The zero-order valence-corrected chi connectivity index (χ0v) is 11.5. The van der Waals surface area contributed by atoms with Crippen molar-refractivity contribution in [3.63, 3.8) is 0 Å². The lowest BCUT2D eigenvalue weighted by molar-refractivity contribution is 0.0697. The van der Waals surface area contributed by atoms with E-state index in [1.807, 2.05) is 6.07 Å². The molecule has 1 aromatic carbocycles. The fourth-order valence-corrected chi connectivity index (χ4v) is 1.76. The Bertz CT molecular complexity index is 634. The zero-order chi connectivity index (χ0) is 15.2. The number of nitrogens with zero attached hydrogens (tertiary/aromatic N) is 2. The number of carboxylic acid groups (broad SMARTS) is 1. The summed E-state index contributed by atoms with van der Waals surface area (Å²) in [6.07, 6.45) is 1.67. The lowest BCUT2D eigenvalue weighted by Gasteiger charge is -2.08. The number of carbonyl (C=O) groups is 2. The van der Waals surface area contributed by atoms with Gasteiger partial charge in [-0.2, -0.15) is 5.10 Å². The van der Waals surface area contributed by atoms with E-state index < -0.39 is 5.97 Å². The zero-order valence-electron chi connectivity index (χ0n) is 11.5. The number of urea groups is 1. The Morgan fingerprint density at radius 3 is 2.38 bits per heavy atom. The van der Waals surface area contributed by atoms with Crippen molar-refractivity contribution < 1.29 is 14.7 Å². The van der Waals surface area contributed by atoms with Crippen LogP contribution in [0.4, 0.5) is 4.79 Å². The molecule has 1 aromatic heterocycles. The van der Waals surface area contributed by atoms with Crippen LogP contribution in [0.1, 0.15) is 21.6 Å². The minimum absolute atomic E-state index is 0.222. The summed E-state index contributed by atoms with van der Waals surface area (Å²) in [4.78, 5) is 22.4. The number of hydrogen-bond donors (Lipinski definition) is 3. The molecule has 3 N–H and O–H groups in total. The summed E-state index contributed by atoms with van der Waals surface area (Å²) in [6.45, 7) is 0.720. The molecule has 0 saturated carbocycles. The molecule has 0 spiro atoms. The topological polar surface area (TPSA) is 96.3 Å². The summed E-state index contributed by atoms with van der Waals surface area (Å²) in [5, 5.41) is 18.2. The van der Waals surface area contributed by atoms with Gasteiger partial charge in [-0.05, 0) is 23.8 Å². The molecule has 7 nitrogen and oxygen atoms in total. The van der Waals surface area contributed by atoms with Crippen molar-refractivity contribution in [2.24, 2.45) is 7.05 Å². The molecule has 0 saturated heterocycles. The maximum Gasteiger partial charge on any atom is 0.335 e. The van der Waals surface area contributed by atoms with Gasteiger partial charge >= 0.3 is 12.0 Å². The van der Waals surface area contributed by atoms with Crippen LogP contribution in [0.3, 0.4) is 0 Å². The Labute approximate surface area is 121 Å². The van der Waals surface area contributed by atoms with Crippen LogP contribution in [0.15, 0.2) is 36.5 Å². The van der Waals surface area contributed by atoms with Crippen LogP contribution in [0.25, 0.3) is 0 Å². The highest BCUT2D eigenvalue weighted by atomic mass is 16.4. The molecule has 0 aliphatic carbocycles. The molecule has 0 unspecified atom stereocenters. The van der Waals surface area contributed by atoms with Crippen LogP contribution >= 0.6 is 0 Å². The SMILES string of the molecule is Cn1nccc1CNC(=O)NCc1ccc(C(=O)O)cc1. The Hall–Kier alpha value is -2.83. The van der Waals surface area contributed by atoms with Gasteiger partial charge in [-0.25, -0.2) is 9.59 Å². The fourth-order valence-electron chi connectivity index (χ4n) is 1.76. The maximum atomic E-state index is 11.7. The van der Waals surface area contributed by atoms with E-state index in [4.69, 9.17) is 5.11 Å². The van der Waals surface area contributed by atoms with Gasteiger partial charge in [-0.3, -0.25) is 4.68 Å². The van der Waals surface area contributed by atoms with Crippen molar-refractivity contribution in [2.45, 2.75) is 13.1 Å². The van der Waals surface area contributed by atoms with E-state index in [1.165, 1.54) is 12.1 Å². The number of hydrogen-bond acceptors (Lipinski definition) is 3. The van der Waals surface area contributed by atoms with Crippen LogP contribution < -0.4 is 10.6 Å². The number of aromatic nitrogens is 2. The molecule has 2 amide bonds. The van der Waals surface area contributed by atoms with Gasteiger partial charge in [0, 0.05) is 19.8 Å². The third-order valence-corrected chi connectivity index (χ3v) is 3.01. The molecule has 0 radical (unpaired) electrons. The van der Waals surface area contributed by atoms with Gasteiger partial charge in [0.25, 0.3) is 0 Å². The van der Waals surface area contributed by atoms with E-state index in [0.717, 1.165) is 11.3 Å². The lowest BCUT2D eigenvalue weighted by atomic mass is 10.1. The Morgan fingerprint density at radius 1 is 1.14 bits per heavy atom. The number of nitrogens with one attached hydrogen (secondary N) is 2. The third kappa shape index (κ3) is 4.07. The average Bonchev–Trinajstić information content (AvgIpc) is 2.88. The first-order valence-electron chi connectivity index (χ1n) is 6.37. The van der Waals surface area contributed by atoms with Gasteiger partial charge in [0.1, 0.15) is 0 Å². The standard InChI is InChI=1S/C14H16N4O3/c1-18-12(6-7-17-18)9-16-14(21)15-8-10-2-4-11(5-3-10)13(19)20/h2-7H,8-9H2,1H3,(H,19,20)(H2,15,16,21). The van der Waals surface area contributed by atoms with Gasteiger partial charge < -0.3 is 15.7 Å². The monoisotopic (exact) mass is 288 g/mol. The van der Waals surface area contributed by atoms with E-state index >= 15 is 0 Å². The van der Waals surface area contributed by atoms with Crippen molar-refractivity contribution in [1.82, 2.24) is 20.4 Å². The smallest absolute Gasteiger partial charge is 0.335 e. The molecule has 0 atom stereocenters. The van der Waals surface area contributed by atoms with Gasteiger partial charge in [0.2, 0.25) is 0 Å². The third-order valence-electron chi connectivity index (χ3n) is 3.01. The molecular weight excluding hydrogens is 272 g/mol.